The Labute approximate surface area is 102 Å². The highest BCUT2D eigenvalue weighted by molar-refractivity contribution is 7.80. The van der Waals surface area contributed by atoms with E-state index in [2.05, 4.69) is 19.6 Å². The molecule has 0 nitrogen and oxygen atoms in total. The van der Waals surface area contributed by atoms with E-state index in [1.54, 1.807) is 0 Å². The van der Waals surface area contributed by atoms with Crippen molar-refractivity contribution in [1.82, 2.24) is 0 Å². The number of thiol groups is 1. The third-order valence-corrected chi connectivity index (χ3v) is 4.30. The van der Waals surface area contributed by atoms with Gasteiger partial charge < -0.3 is 0 Å². The SMILES string of the molecule is CCCCCCCCC1CCC(S)CC1. The number of hydrogen-bond donors (Lipinski definition) is 1. The molecule has 1 saturated carbocycles. The van der Waals surface area contributed by atoms with Crippen molar-refractivity contribution in [1.29, 1.82) is 0 Å². The molecule has 1 fully saturated rings. The Morgan fingerprint density at radius 1 is 0.867 bits per heavy atom. The van der Waals surface area contributed by atoms with E-state index in [0.29, 0.717) is 5.25 Å². The van der Waals surface area contributed by atoms with Crippen LogP contribution in [0.25, 0.3) is 0 Å². The number of hydrogen-bond acceptors (Lipinski definition) is 1. The maximum Gasteiger partial charge on any atom is 0.00170 e. The minimum Gasteiger partial charge on any atom is -0.176 e. The topological polar surface area (TPSA) is 0 Å². The minimum atomic E-state index is 0.714. The van der Waals surface area contributed by atoms with Crippen LogP contribution in [0.1, 0.15) is 77.6 Å². The van der Waals surface area contributed by atoms with Gasteiger partial charge in [0.15, 0.2) is 0 Å². The van der Waals surface area contributed by atoms with Crippen LogP contribution < -0.4 is 0 Å². The Kier molecular flexibility index (Phi) is 7.60. The Balaban J connectivity index is 1.87. The third-order valence-electron chi connectivity index (χ3n) is 3.78. The fourth-order valence-corrected chi connectivity index (χ4v) is 2.95. The van der Waals surface area contributed by atoms with Gasteiger partial charge in [0.1, 0.15) is 0 Å². The quantitative estimate of drug-likeness (QED) is 0.448. The summed E-state index contributed by atoms with van der Waals surface area (Å²) in [5.74, 6) is 1.04. The first kappa shape index (κ1) is 13.4. The molecule has 0 N–H and O–H groups in total. The molecule has 0 radical (unpaired) electrons. The van der Waals surface area contributed by atoms with Crippen LogP contribution >= 0.6 is 12.6 Å². The third kappa shape index (κ3) is 6.50. The van der Waals surface area contributed by atoms with Gasteiger partial charge in [-0.1, -0.05) is 51.9 Å². The number of unbranched alkanes of at least 4 members (excludes halogenated alkanes) is 5. The predicted octanol–water partition coefficient (Wildman–Crippen LogP) is 5.23. The average Bonchev–Trinajstić information content (AvgIpc) is 2.26. The molecule has 0 aliphatic heterocycles. The zero-order valence-corrected chi connectivity index (χ0v) is 11.3. The molecule has 1 aliphatic carbocycles. The molecule has 1 heteroatoms. The Morgan fingerprint density at radius 3 is 2.13 bits per heavy atom. The Hall–Kier alpha value is 0.350. The van der Waals surface area contributed by atoms with E-state index in [1.165, 1.54) is 70.6 Å². The smallest absolute Gasteiger partial charge is 0.00170 e. The zero-order valence-electron chi connectivity index (χ0n) is 10.4. The maximum absolute atomic E-state index is 4.55. The highest BCUT2D eigenvalue weighted by Crippen LogP contribution is 2.30. The second-order valence-corrected chi connectivity index (χ2v) is 5.96. The second-order valence-electron chi connectivity index (χ2n) is 5.23. The normalized spacial score (nSPS) is 26.8. The van der Waals surface area contributed by atoms with E-state index < -0.39 is 0 Å². The molecule has 0 aromatic heterocycles. The van der Waals surface area contributed by atoms with Gasteiger partial charge in [-0.25, -0.2) is 0 Å². The molecule has 0 bridgehead atoms. The van der Waals surface area contributed by atoms with Crippen molar-refractivity contribution in [3.63, 3.8) is 0 Å². The van der Waals surface area contributed by atoms with Gasteiger partial charge in [-0.3, -0.25) is 0 Å². The molecular weight excluding hydrogens is 200 g/mol. The molecule has 0 aromatic carbocycles. The van der Waals surface area contributed by atoms with Crippen molar-refractivity contribution >= 4 is 12.6 Å². The lowest BCUT2D eigenvalue weighted by Gasteiger charge is -2.25. The van der Waals surface area contributed by atoms with Crippen LogP contribution in [0.4, 0.5) is 0 Å². The van der Waals surface area contributed by atoms with Gasteiger partial charge in [-0.2, -0.15) is 12.6 Å². The molecule has 0 unspecified atom stereocenters. The van der Waals surface area contributed by atoms with E-state index in [4.69, 9.17) is 0 Å². The molecule has 0 amide bonds. The van der Waals surface area contributed by atoms with Crippen LogP contribution in [0, 0.1) is 5.92 Å². The first-order valence-electron chi connectivity index (χ1n) is 7.01. The summed E-state index contributed by atoms with van der Waals surface area (Å²) in [6, 6.07) is 0. The molecule has 0 spiro atoms. The maximum atomic E-state index is 4.55. The van der Waals surface area contributed by atoms with Crippen LogP contribution in [-0.2, 0) is 0 Å². The molecule has 0 heterocycles. The van der Waals surface area contributed by atoms with E-state index in [9.17, 15) is 0 Å². The van der Waals surface area contributed by atoms with Gasteiger partial charge in [-0.05, 0) is 31.6 Å². The largest absolute Gasteiger partial charge is 0.176 e. The fourth-order valence-electron chi connectivity index (χ4n) is 2.65. The lowest BCUT2D eigenvalue weighted by molar-refractivity contribution is 0.334. The fraction of sp³-hybridized carbons (Fsp3) is 1.00. The molecular formula is C14H28S. The van der Waals surface area contributed by atoms with Crippen LogP contribution in [0.3, 0.4) is 0 Å². The molecule has 1 aliphatic rings. The summed E-state index contributed by atoms with van der Waals surface area (Å²) >= 11 is 4.55. The molecule has 1 rings (SSSR count). The summed E-state index contributed by atoms with van der Waals surface area (Å²) in [5, 5.41) is 0.714. The van der Waals surface area contributed by atoms with Crippen LogP contribution in [0.2, 0.25) is 0 Å². The monoisotopic (exact) mass is 228 g/mol. The van der Waals surface area contributed by atoms with Crippen molar-refractivity contribution in [2.24, 2.45) is 5.92 Å². The van der Waals surface area contributed by atoms with Gasteiger partial charge >= 0.3 is 0 Å². The Bertz CT molecular complexity index is 136. The van der Waals surface area contributed by atoms with Crippen molar-refractivity contribution < 1.29 is 0 Å². The summed E-state index contributed by atoms with van der Waals surface area (Å²) in [6.07, 6.45) is 15.8. The lowest BCUT2D eigenvalue weighted by Crippen LogP contribution is -2.14. The van der Waals surface area contributed by atoms with Crippen LogP contribution in [0.5, 0.6) is 0 Å². The van der Waals surface area contributed by atoms with E-state index >= 15 is 0 Å². The number of rotatable bonds is 7. The lowest BCUT2D eigenvalue weighted by atomic mass is 9.85. The first-order chi connectivity index (χ1) is 7.33. The van der Waals surface area contributed by atoms with Gasteiger partial charge in [0.25, 0.3) is 0 Å². The van der Waals surface area contributed by atoms with Crippen molar-refractivity contribution in [2.75, 3.05) is 0 Å². The summed E-state index contributed by atoms with van der Waals surface area (Å²) in [4.78, 5) is 0. The van der Waals surface area contributed by atoms with Crippen molar-refractivity contribution in [2.45, 2.75) is 82.8 Å². The van der Waals surface area contributed by atoms with E-state index in [1.807, 2.05) is 0 Å². The predicted molar refractivity (Wildman–Crippen MR) is 72.7 cm³/mol. The molecule has 0 atom stereocenters. The van der Waals surface area contributed by atoms with Crippen molar-refractivity contribution in [3.8, 4) is 0 Å². The van der Waals surface area contributed by atoms with Crippen molar-refractivity contribution in [3.05, 3.63) is 0 Å². The highest BCUT2D eigenvalue weighted by Gasteiger charge is 2.17. The zero-order chi connectivity index (χ0) is 10.9. The standard InChI is InChI=1S/C14H28S/c1-2-3-4-5-6-7-8-13-9-11-14(15)12-10-13/h13-15H,2-12H2,1H3. The second kappa shape index (κ2) is 8.50. The summed E-state index contributed by atoms with van der Waals surface area (Å²) in [7, 11) is 0. The van der Waals surface area contributed by atoms with Gasteiger partial charge in [0, 0.05) is 5.25 Å². The van der Waals surface area contributed by atoms with E-state index in [-0.39, 0.29) is 0 Å². The van der Waals surface area contributed by atoms with Gasteiger partial charge in [0.05, 0.1) is 0 Å². The molecule has 0 saturated heterocycles. The van der Waals surface area contributed by atoms with Crippen LogP contribution in [-0.4, -0.2) is 5.25 Å². The van der Waals surface area contributed by atoms with Crippen LogP contribution in [0.15, 0.2) is 0 Å². The Morgan fingerprint density at radius 2 is 1.47 bits per heavy atom. The summed E-state index contributed by atoms with van der Waals surface area (Å²) < 4.78 is 0. The summed E-state index contributed by atoms with van der Waals surface area (Å²) in [6.45, 7) is 2.29. The molecule has 90 valence electrons. The van der Waals surface area contributed by atoms with Gasteiger partial charge in [-0.15, -0.1) is 0 Å². The molecule has 0 aromatic rings. The highest BCUT2D eigenvalue weighted by atomic mass is 32.1. The summed E-state index contributed by atoms with van der Waals surface area (Å²) in [5.41, 5.74) is 0. The average molecular weight is 228 g/mol. The first-order valence-corrected chi connectivity index (χ1v) is 7.52. The van der Waals surface area contributed by atoms with E-state index in [0.717, 1.165) is 5.92 Å². The minimum absolute atomic E-state index is 0.714. The molecule has 15 heavy (non-hydrogen) atoms. The van der Waals surface area contributed by atoms with Gasteiger partial charge in [0.2, 0.25) is 0 Å².